The van der Waals surface area contributed by atoms with Crippen LogP contribution in [0.4, 0.5) is 0 Å². The van der Waals surface area contributed by atoms with Crippen molar-refractivity contribution in [1.82, 2.24) is 19.5 Å². The molecule has 1 aromatic carbocycles. The number of hydrogen-bond donors (Lipinski definition) is 0. The summed E-state index contributed by atoms with van der Waals surface area (Å²) in [5, 5.41) is 8.64. The van der Waals surface area contributed by atoms with Crippen molar-refractivity contribution in [2.75, 3.05) is 13.1 Å². The number of aryl methyl sites for hydroxylation is 2. The lowest BCUT2D eigenvalue weighted by atomic mass is 9.96. The van der Waals surface area contributed by atoms with Gasteiger partial charge in [-0.15, -0.1) is 10.2 Å². The molecule has 1 saturated heterocycles. The summed E-state index contributed by atoms with van der Waals surface area (Å²) in [4.78, 5) is 14.9. The number of likely N-dealkylation sites (tertiary alicyclic amines) is 1. The lowest BCUT2D eigenvalue weighted by Gasteiger charge is -2.32. The molecule has 3 heterocycles. The molecule has 1 atom stereocenters. The minimum absolute atomic E-state index is 0.113. The molecule has 1 fully saturated rings. The zero-order valence-electron chi connectivity index (χ0n) is 14.6. The molecule has 0 N–H and O–H groups in total. The Labute approximate surface area is 147 Å². The first-order valence-corrected chi connectivity index (χ1v) is 8.79. The number of aromatic nitrogens is 3. The van der Waals surface area contributed by atoms with Gasteiger partial charge < -0.3 is 4.90 Å². The van der Waals surface area contributed by atoms with Crippen molar-refractivity contribution in [3.8, 4) is 0 Å². The van der Waals surface area contributed by atoms with Gasteiger partial charge >= 0.3 is 0 Å². The smallest absolute Gasteiger partial charge is 0.253 e. The molecule has 5 nitrogen and oxygen atoms in total. The SMILES string of the molecule is Cc1ccc(C(=O)N2CCCC(c3nnc4ccccn34)C2)cc1C. The van der Waals surface area contributed by atoms with E-state index in [1.165, 1.54) is 5.56 Å². The van der Waals surface area contributed by atoms with E-state index in [2.05, 4.69) is 17.1 Å². The summed E-state index contributed by atoms with van der Waals surface area (Å²) < 4.78 is 2.04. The highest BCUT2D eigenvalue weighted by molar-refractivity contribution is 5.94. The molecule has 1 aliphatic heterocycles. The Morgan fingerprint density at radius 3 is 2.84 bits per heavy atom. The molecular formula is C20H22N4O. The molecule has 0 saturated carbocycles. The van der Waals surface area contributed by atoms with E-state index in [9.17, 15) is 4.79 Å². The van der Waals surface area contributed by atoms with Crippen molar-refractivity contribution in [1.29, 1.82) is 0 Å². The zero-order valence-corrected chi connectivity index (χ0v) is 14.6. The number of carbonyl (C=O) groups is 1. The van der Waals surface area contributed by atoms with Crippen LogP contribution in [-0.4, -0.2) is 38.5 Å². The van der Waals surface area contributed by atoms with Crippen LogP contribution in [0.15, 0.2) is 42.6 Å². The molecule has 0 radical (unpaired) electrons. The fourth-order valence-electron chi connectivity index (χ4n) is 3.57. The van der Waals surface area contributed by atoms with E-state index in [1.807, 2.05) is 58.8 Å². The maximum atomic E-state index is 12.9. The number of hydrogen-bond acceptors (Lipinski definition) is 3. The van der Waals surface area contributed by atoms with E-state index in [-0.39, 0.29) is 11.8 Å². The van der Waals surface area contributed by atoms with Crippen LogP contribution < -0.4 is 0 Å². The van der Waals surface area contributed by atoms with Crippen LogP contribution in [0.25, 0.3) is 5.65 Å². The van der Waals surface area contributed by atoms with Crippen molar-refractivity contribution in [2.24, 2.45) is 0 Å². The van der Waals surface area contributed by atoms with Gasteiger partial charge in [0.25, 0.3) is 5.91 Å². The van der Waals surface area contributed by atoms with Gasteiger partial charge in [-0.3, -0.25) is 9.20 Å². The Hall–Kier alpha value is -2.69. The largest absolute Gasteiger partial charge is 0.338 e. The van der Waals surface area contributed by atoms with Gasteiger partial charge in [0.15, 0.2) is 5.65 Å². The van der Waals surface area contributed by atoms with Crippen molar-refractivity contribution in [2.45, 2.75) is 32.6 Å². The minimum atomic E-state index is 0.113. The highest BCUT2D eigenvalue weighted by Crippen LogP contribution is 2.27. The second-order valence-corrected chi connectivity index (χ2v) is 6.88. The van der Waals surface area contributed by atoms with E-state index < -0.39 is 0 Å². The maximum absolute atomic E-state index is 12.9. The second-order valence-electron chi connectivity index (χ2n) is 6.88. The van der Waals surface area contributed by atoms with E-state index in [4.69, 9.17) is 0 Å². The molecule has 1 unspecified atom stereocenters. The first kappa shape index (κ1) is 15.8. The number of benzene rings is 1. The summed E-state index contributed by atoms with van der Waals surface area (Å²) in [6.45, 7) is 5.62. The van der Waals surface area contributed by atoms with Crippen LogP contribution in [0, 0.1) is 13.8 Å². The van der Waals surface area contributed by atoms with Gasteiger partial charge in [0.05, 0.1) is 0 Å². The van der Waals surface area contributed by atoms with E-state index in [0.29, 0.717) is 6.54 Å². The highest BCUT2D eigenvalue weighted by atomic mass is 16.2. The van der Waals surface area contributed by atoms with Crippen LogP contribution in [0.1, 0.15) is 46.1 Å². The topological polar surface area (TPSA) is 50.5 Å². The standard InChI is InChI=1S/C20H22N4O/c1-14-8-9-16(12-15(14)2)20(25)23-10-5-6-17(13-23)19-22-21-18-7-3-4-11-24(18)19/h3-4,7-9,11-12,17H,5-6,10,13H2,1-2H3. The van der Waals surface area contributed by atoms with Crippen molar-refractivity contribution in [3.05, 3.63) is 65.1 Å². The molecular weight excluding hydrogens is 312 g/mol. The Balaban J connectivity index is 1.58. The van der Waals surface area contributed by atoms with E-state index in [0.717, 1.165) is 42.0 Å². The van der Waals surface area contributed by atoms with Crippen molar-refractivity contribution < 1.29 is 4.79 Å². The number of fused-ring (bicyclic) bond motifs is 1. The molecule has 1 amide bonds. The van der Waals surface area contributed by atoms with Gasteiger partial charge in [-0.05, 0) is 62.1 Å². The lowest BCUT2D eigenvalue weighted by molar-refractivity contribution is 0.0704. The number of pyridine rings is 1. The maximum Gasteiger partial charge on any atom is 0.253 e. The van der Waals surface area contributed by atoms with Crippen LogP contribution in [0.2, 0.25) is 0 Å². The van der Waals surface area contributed by atoms with Crippen LogP contribution in [0.3, 0.4) is 0 Å². The molecule has 0 bridgehead atoms. The molecule has 4 rings (SSSR count). The van der Waals surface area contributed by atoms with Gasteiger partial charge in [0.1, 0.15) is 5.82 Å². The minimum Gasteiger partial charge on any atom is -0.338 e. The predicted octanol–water partition coefficient (Wildman–Crippen LogP) is 3.37. The summed E-state index contributed by atoms with van der Waals surface area (Å²) in [5.41, 5.74) is 4.00. The third-order valence-electron chi connectivity index (χ3n) is 5.17. The average molecular weight is 334 g/mol. The summed E-state index contributed by atoms with van der Waals surface area (Å²) in [6, 6.07) is 11.9. The normalized spacial score (nSPS) is 17.8. The summed E-state index contributed by atoms with van der Waals surface area (Å²) >= 11 is 0. The number of amides is 1. The third kappa shape index (κ3) is 2.90. The van der Waals surface area contributed by atoms with Crippen molar-refractivity contribution in [3.63, 3.8) is 0 Å². The van der Waals surface area contributed by atoms with Gasteiger partial charge in [-0.1, -0.05) is 12.1 Å². The first-order valence-electron chi connectivity index (χ1n) is 8.79. The fraction of sp³-hybridized carbons (Fsp3) is 0.350. The predicted molar refractivity (Wildman–Crippen MR) is 96.8 cm³/mol. The number of rotatable bonds is 2. The summed E-state index contributed by atoms with van der Waals surface area (Å²) in [6.07, 6.45) is 4.02. The lowest BCUT2D eigenvalue weighted by Crippen LogP contribution is -2.39. The Kier molecular flexibility index (Phi) is 3.99. The fourth-order valence-corrected chi connectivity index (χ4v) is 3.57. The Morgan fingerprint density at radius 1 is 1.12 bits per heavy atom. The van der Waals surface area contributed by atoms with Crippen molar-refractivity contribution >= 4 is 11.6 Å². The van der Waals surface area contributed by atoms with E-state index in [1.54, 1.807) is 0 Å². The Morgan fingerprint density at radius 2 is 2.00 bits per heavy atom. The van der Waals surface area contributed by atoms with Gasteiger partial charge in [-0.2, -0.15) is 0 Å². The quantitative estimate of drug-likeness (QED) is 0.722. The molecule has 5 heteroatoms. The molecule has 128 valence electrons. The van der Waals surface area contributed by atoms with E-state index >= 15 is 0 Å². The number of piperidine rings is 1. The molecule has 25 heavy (non-hydrogen) atoms. The molecule has 0 aliphatic carbocycles. The monoisotopic (exact) mass is 334 g/mol. The Bertz CT molecular complexity index is 930. The number of nitrogens with zero attached hydrogens (tertiary/aromatic N) is 4. The zero-order chi connectivity index (χ0) is 17.4. The third-order valence-corrected chi connectivity index (χ3v) is 5.17. The molecule has 0 spiro atoms. The molecule has 1 aliphatic rings. The molecule has 2 aromatic heterocycles. The van der Waals surface area contributed by atoms with Gasteiger partial charge in [0, 0.05) is 30.8 Å². The second kappa shape index (κ2) is 6.31. The first-order chi connectivity index (χ1) is 12.1. The molecule has 3 aromatic rings. The van der Waals surface area contributed by atoms with Crippen LogP contribution in [-0.2, 0) is 0 Å². The van der Waals surface area contributed by atoms with Gasteiger partial charge in [0.2, 0.25) is 0 Å². The van der Waals surface area contributed by atoms with Crippen LogP contribution in [0.5, 0.6) is 0 Å². The summed E-state index contributed by atoms with van der Waals surface area (Å²) in [5.74, 6) is 1.29. The van der Waals surface area contributed by atoms with Crippen LogP contribution >= 0.6 is 0 Å². The number of carbonyl (C=O) groups excluding carboxylic acids is 1. The highest BCUT2D eigenvalue weighted by Gasteiger charge is 2.28. The average Bonchev–Trinajstić information content (AvgIpc) is 3.08. The van der Waals surface area contributed by atoms with Gasteiger partial charge in [-0.25, -0.2) is 0 Å². The summed E-state index contributed by atoms with van der Waals surface area (Å²) in [7, 11) is 0.